The van der Waals surface area contributed by atoms with Gasteiger partial charge in [0.05, 0.1) is 4.20 Å². The van der Waals surface area contributed by atoms with Gasteiger partial charge in [0.1, 0.15) is 0 Å². The molecule has 1 saturated heterocycles. The molecule has 2 atom stereocenters. The molecule has 0 aliphatic carbocycles. The van der Waals surface area contributed by atoms with Gasteiger partial charge in [-0.1, -0.05) is 19.1 Å². The smallest absolute Gasteiger partial charge is 0.0510 e. The van der Waals surface area contributed by atoms with Crippen LogP contribution in [0.1, 0.15) is 6.92 Å². The highest BCUT2D eigenvalue weighted by atomic mass is 32.2. The van der Waals surface area contributed by atoms with Gasteiger partial charge >= 0.3 is 0 Å². The fourth-order valence-corrected chi connectivity index (χ4v) is 2.96. The van der Waals surface area contributed by atoms with Crippen LogP contribution in [-0.2, 0) is 0 Å². The molecule has 0 N–H and O–H groups in total. The average Bonchev–Trinajstić information content (AvgIpc) is 2.18. The maximum absolute atomic E-state index is 5.22. The first kappa shape index (κ1) is 9.49. The maximum atomic E-state index is 5.22. The molecular formula is C8H15NS2. The summed E-state index contributed by atoms with van der Waals surface area (Å²) in [6.07, 6.45) is 0. The van der Waals surface area contributed by atoms with E-state index in [1.54, 1.807) is 0 Å². The maximum Gasteiger partial charge on any atom is 0.0510 e. The van der Waals surface area contributed by atoms with Crippen LogP contribution in [0.5, 0.6) is 0 Å². The lowest BCUT2D eigenvalue weighted by molar-refractivity contribution is 0.320. The quantitative estimate of drug-likeness (QED) is 0.611. The highest BCUT2D eigenvalue weighted by Gasteiger charge is 2.28. The van der Waals surface area contributed by atoms with Crippen LogP contribution >= 0.6 is 24.0 Å². The predicted molar refractivity (Wildman–Crippen MR) is 56.3 cm³/mol. The third-order valence-corrected chi connectivity index (χ3v) is 4.09. The molecule has 0 radical (unpaired) electrons. The van der Waals surface area contributed by atoms with E-state index < -0.39 is 0 Å². The number of hydrogen-bond acceptors (Lipinski definition) is 3. The Kier molecular flexibility index (Phi) is 3.34. The van der Waals surface area contributed by atoms with Crippen molar-refractivity contribution >= 4 is 28.2 Å². The Labute approximate surface area is 78.5 Å². The van der Waals surface area contributed by atoms with Gasteiger partial charge in [-0.25, -0.2) is 0 Å². The molecule has 1 aliphatic rings. The van der Waals surface area contributed by atoms with Crippen LogP contribution in [0.4, 0.5) is 0 Å². The van der Waals surface area contributed by atoms with Crippen molar-refractivity contribution < 1.29 is 0 Å². The summed E-state index contributed by atoms with van der Waals surface area (Å²) in [5.74, 6) is 2.64. The van der Waals surface area contributed by atoms with E-state index in [2.05, 4.69) is 25.9 Å². The number of thiocarbonyl (C=S) groups is 1. The van der Waals surface area contributed by atoms with E-state index >= 15 is 0 Å². The number of nitrogens with zero attached hydrogens (tertiary/aromatic N) is 1. The number of rotatable bonds is 2. The van der Waals surface area contributed by atoms with Crippen molar-refractivity contribution in [3.8, 4) is 0 Å². The van der Waals surface area contributed by atoms with Crippen LogP contribution in [0.2, 0.25) is 0 Å². The average molecular weight is 189 g/mol. The van der Waals surface area contributed by atoms with Crippen molar-refractivity contribution in [2.75, 3.05) is 26.4 Å². The fraction of sp³-hybridized carbons (Fsp3) is 0.875. The first-order valence-corrected chi connectivity index (χ1v) is 5.32. The van der Waals surface area contributed by atoms with E-state index in [1.165, 1.54) is 16.5 Å². The minimum absolute atomic E-state index is 0.636. The van der Waals surface area contributed by atoms with Gasteiger partial charge in [0.25, 0.3) is 0 Å². The van der Waals surface area contributed by atoms with Crippen molar-refractivity contribution in [1.82, 2.24) is 4.90 Å². The highest BCUT2D eigenvalue weighted by molar-refractivity contribution is 8.23. The summed E-state index contributed by atoms with van der Waals surface area (Å²) in [6.45, 7) is 3.42. The van der Waals surface area contributed by atoms with Crippen molar-refractivity contribution in [2.45, 2.75) is 6.92 Å². The lowest BCUT2D eigenvalue weighted by Gasteiger charge is -2.18. The fourth-order valence-electron chi connectivity index (χ4n) is 1.34. The second kappa shape index (κ2) is 3.87. The molecule has 0 spiro atoms. The minimum Gasteiger partial charge on any atom is -0.309 e. The Bertz CT molecular complexity index is 156. The Morgan fingerprint density at radius 3 is 2.64 bits per heavy atom. The zero-order valence-corrected chi connectivity index (χ0v) is 8.97. The van der Waals surface area contributed by atoms with Gasteiger partial charge in [0, 0.05) is 18.2 Å². The number of thioether (sulfide) groups is 1. The van der Waals surface area contributed by atoms with Crippen LogP contribution in [0.3, 0.4) is 0 Å². The number of hydrogen-bond donors (Lipinski definition) is 0. The van der Waals surface area contributed by atoms with Crippen molar-refractivity contribution in [3.05, 3.63) is 0 Å². The summed E-state index contributed by atoms with van der Waals surface area (Å²) >= 11 is 7.08. The first-order valence-electron chi connectivity index (χ1n) is 3.92. The molecule has 3 heteroatoms. The first-order chi connectivity index (χ1) is 5.11. The third-order valence-electron chi connectivity index (χ3n) is 2.12. The predicted octanol–water partition coefficient (Wildman–Crippen LogP) is 1.87. The monoisotopic (exact) mass is 189 g/mol. The van der Waals surface area contributed by atoms with Gasteiger partial charge < -0.3 is 4.90 Å². The van der Waals surface area contributed by atoms with Gasteiger partial charge in [0.2, 0.25) is 0 Å². The molecule has 64 valence electrons. The van der Waals surface area contributed by atoms with E-state index in [-0.39, 0.29) is 0 Å². The normalized spacial score (nSPS) is 31.8. The molecule has 0 saturated carbocycles. The van der Waals surface area contributed by atoms with Crippen LogP contribution < -0.4 is 0 Å². The molecule has 0 bridgehead atoms. The summed E-state index contributed by atoms with van der Waals surface area (Å²) in [5, 5.41) is 0. The van der Waals surface area contributed by atoms with Crippen molar-refractivity contribution in [1.29, 1.82) is 0 Å². The Hall–Kier alpha value is 0.400. The van der Waals surface area contributed by atoms with Gasteiger partial charge in [0.15, 0.2) is 0 Å². The molecule has 0 aromatic carbocycles. The van der Waals surface area contributed by atoms with Gasteiger partial charge in [-0.3, -0.25) is 0 Å². The standard InChI is InChI=1S/C8H15NS2/c1-6-7(4-9(2)3)5-11-8(6)10/h6-7H,4-5H2,1-3H3. The topological polar surface area (TPSA) is 3.24 Å². The van der Waals surface area contributed by atoms with E-state index in [1.807, 2.05) is 11.8 Å². The summed E-state index contributed by atoms with van der Waals surface area (Å²) in [6, 6.07) is 0. The van der Waals surface area contributed by atoms with Gasteiger partial charge in [-0.2, -0.15) is 0 Å². The molecule has 1 aliphatic heterocycles. The Balaban J connectivity index is 2.42. The summed E-state index contributed by atoms with van der Waals surface area (Å²) in [5.41, 5.74) is 0. The van der Waals surface area contributed by atoms with Crippen LogP contribution in [0.25, 0.3) is 0 Å². The molecule has 0 aromatic heterocycles. The Morgan fingerprint density at radius 1 is 1.64 bits per heavy atom. The second-order valence-electron chi connectivity index (χ2n) is 3.44. The molecule has 1 rings (SSSR count). The largest absolute Gasteiger partial charge is 0.309 e. The van der Waals surface area contributed by atoms with Crippen LogP contribution in [0, 0.1) is 11.8 Å². The zero-order valence-electron chi connectivity index (χ0n) is 7.33. The SMILES string of the molecule is CC1C(=S)SCC1CN(C)C. The molecule has 1 fully saturated rings. The molecule has 11 heavy (non-hydrogen) atoms. The molecule has 1 nitrogen and oxygen atoms in total. The zero-order chi connectivity index (χ0) is 8.43. The van der Waals surface area contributed by atoms with E-state index in [9.17, 15) is 0 Å². The van der Waals surface area contributed by atoms with Gasteiger partial charge in [-0.05, 0) is 20.0 Å². The molecule has 2 unspecified atom stereocenters. The van der Waals surface area contributed by atoms with E-state index in [0.717, 1.165) is 5.92 Å². The highest BCUT2D eigenvalue weighted by Crippen LogP contribution is 2.32. The summed E-state index contributed by atoms with van der Waals surface area (Å²) < 4.78 is 1.21. The van der Waals surface area contributed by atoms with Crippen LogP contribution in [-0.4, -0.2) is 35.5 Å². The van der Waals surface area contributed by atoms with E-state index in [0.29, 0.717) is 5.92 Å². The lowest BCUT2D eigenvalue weighted by atomic mass is 9.98. The van der Waals surface area contributed by atoms with Crippen molar-refractivity contribution in [2.24, 2.45) is 11.8 Å². The molecule has 1 heterocycles. The minimum atomic E-state index is 0.636. The van der Waals surface area contributed by atoms with Crippen molar-refractivity contribution in [3.63, 3.8) is 0 Å². The molecule has 0 aromatic rings. The second-order valence-corrected chi connectivity index (χ2v) is 5.20. The summed E-state index contributed by atoms with van der Waals surface area (Å²) in [4.78, 5) is 2.25. The molecular weight excluding hydrogens is 174 g/mol. The van der Waals surface area contributed by atoms with E-state index in [4.69, 9.17) is 12.2 Å². The third kappa shape index (κ3) is 2.42. The Morgan fingerprint density at radius 2 is 2.27 bits per heavy atom. The lowest BCUT2D eigenvalue weighted by Crippen LogP contribution is -2.25. The molecule has 0 amide bonds. The van der Waals surface area contributed by atoms with Gasteiger partial charge in [-0.15, -0.1) is 11.8 Å². The van der Waals surface area contributed by atoms with Crippen LogP contribution in [0.15, 0.2) is 0 Å². The summed E-state index contributed by atoms with van der Waals surface area (Å²) in [7, 11) is 4.25.